The summed E-state index contributed by atoms with van der Waals surface area (Å²) in [4.78, 5) is 9.80. The summed E-state index contributed by atoms with van der Waals surface area (Å²) in [5, 5.41) is 0. The molecule has 2 aromatic rings. The highest BCUT2D eigenvalue weighted by Crippen LogP contribution is 2.24. The average molecular weight is 228 g/mol. The highest BCUT2D eigenvalue weighted by molar-refractivity contribution is 5.46. The van der Waals surface area contributed by atoms with Crippen LogP contribution in [0.4, 0.5) is 5.69 Å². The van der Waals surface area contributed by atoms with Crippen LogP contribution in [0.1, 0.15) is 17.0 Å². The van der Waals surface area contributed by atoms with Gasteiger partial charge in [-0.2, -0.15) is 0 Å². The van der Waals surface area contributed by atoms with E-state index in [1.165, 1.54) is 11.1 Å². The first-order valence-corrected chi connectivity index (χ1v) is 5.89. The fourth-order valence-corrected chi connectivity index (χ4v) is 2.34. The van der Waals surface area contributed by atoms with Gasteiger partial charge in [-0.3, -0.25) is 4.90 Å². The number of hydrogen-bond acceptors (Lipinski definition) is 3. The molecule has 0 aliphatic carbocycles. The summed E-state index contributed by atoms with van der Waals surface area (Å²) >= 11 is 0. The number of benzene rings is 1. The summed E-state index contributed by atoms with van der Waals surface area (Å²) < 4.78 is 0. The minimum absolute atomic E-state index is 0.858. The van der Waals surface area contributed by atoms with Crippen molar-refractivity contribution in [3.63, 3.8) is 0 Å². The van der Waals surface area contributed by atoms with E-state index in [0.717, 1.165) is 37.6 Å². The van der Waals surface area contributed by atoms with E-state index >= 15 is 0 Å². The predicted molar refractivity (Wildman–Crippen MR) is 67.3 cm³/mol. The van der Waals surface area contributed by atoms with Gasteiger partial charge >= 0.3 is 0 Å². The number of nitrogen functional groups attached to an aromatic ring is 1. The molecule has 4 nitrogen and oxygen atoms in total. The molecule has 1 aromatic carbocycles. The number of hydrogen-bond donors (Lipinski definition) is 2. The first kappa shape index (κ1) is 10.4. The van der Waals surface area contributed by atoms with Crippen molar-refractivity contribution in [3.05, 3.63) is 47.5 Å². The molecule has 1 aliphatic heterocycles. The molecular weight excluding hydrogens is 212 g/mol. The van der Waals surface area contributed by atoms with E-state index in [9.17, 15) is 0 Å². The zero-order chi connectivity index (χ0) is 11.7. The van der Waals surface area contributed by atoms with Crippen molar-refractivity contribution < 1.29 is 0 Å². The fraction of sp³-hybridized carbons (Fsp3) is 0.308. The second-order valence-electron chi connectivity index (χ2n) is 4.52. The van der Waals surface area contributed by atoms with Crippen molar-refractivity contribution in [3.8, 4) is 0 Å². The number of anilines is 1. The van der Waals surface area contributed by atoms with Crippen LogP contribution in [0.2, 0.25) is 0 Å². The molecule has 1 aromatic heterocycles. The summed E-state index contributed by atoms with van der Waals surface area (Å²) in [5.74, 6) is 1.06. The normalized spacial score (nSPS) is 15.1. The Morgan fingerprint density at radius 1 is 1.29 bits per heavy atom. The molecule has 0 saturated heterocycles. The summed E-state index contributed by atoms with van der Waals surface area (Å²) in [7, 11) is 0. The number of nitrogens with two attached hydrogens (primary N) is 1. The molecular formula is C13H16N4. The third-order valence-corrected chi connectivity index (χ3v) is 3.24. The number of rotatable bonds is 3. The van der Waals surface area contributed by atoms with E-state index in [0.29, 0.717) is 0 Å². The zero-order valence-electron chi connectivity index (χ0n) is 9.69. The first-order valence-electron chi connectivity index (χ1n) is 5.89. The first-order chi connectivity index (χ1) is 8.31. The Kier molecular flexibility index (Phi) is 2.57. The van der Waals surface area contributed by atoms with Gasteiger partial charge in [-0.05, 0) is 23.3 Å². The lowest BCUT2D eigenvalue weighted by atomic mass is 10.1. The van der Waals surface area contributed by atoms with Crippen LogP contribution < -0.4 is 5.73 Å². The molecule has 17 heavy (non-hydrogen) atoms. The van der Waals surface area contributed by atoms with Crippen molar-refractivity contribution in [2.24, 2.45) is 0 Å². The van der Waals surface area contributed by atoms with Crippen LogP contribution in [0.5, 0.6) is 0 Å². The number of fused-ring (bicyclic) bond motifs is 1. The van der Waals surface area contributed by atoms with Gasteiger partial charge in [0.05, 0.1) is 0 Å². The van der Waals surface area contributed by atoms with Crippen molar-refractivity contribution in [2.75, 3.05) is 12.3 Å². The van der Waals surface area contributed by atoms with Crippen LogP contribution in [-0.4, -0.2) is 21.4 Å². The lowest BCUT2D eigenvalue weighted by Crippen LogP contribution is -2.19. The number of nitrogens with one attached hydrogen (secondary N) is 1. The molecule has 0 spiro atoms. The van der Waals surface area contributed by atoms with Crippen LogP contribution in [0.15, 0.2) is 30.6 Å². The van der Waals surface area contributed by atoms with Gasteiger partial charge in [0.25, 0.3) is 0 Å². The summed E-state index contributed by atoms with van der Waals surface area (Å²) in [6, 6.07) is 6.20. The van der Waals surface area contributed by atoms with Crippen molar-refractivity contribution in [1.29, 1.82) is 0 Å². The van der Waals surface area contributed by atoms with Gasteiger partial charge in [-0.25, -0.2) is 4.98 Å². The number of H-pyrrole nitrogens is 1. The second-order valence-corrected chi connectivity index (χ2v) is 4.52. The van der Waals surface area contributed by atoms with Gasteiger partial charge in [-0.15, -0.1) is 0 Å². The van der Waals surface area contributed by atoms with E-state index in [4.69, 9.17) is 5.73 Å². The van der Waals surface area contributed by atoms with Crippen molar-refractivity contribution >= 4 is 5.69 Å². The Morgan fingerprint density at radius 3 is 3.00 bits per heavy atom. The molecule has 0 bridgehead atoms. The molecule has 0 radical (unpaired) electrons. The molecule has 0 saturated carbocycles. The molecule has 3 rings (SSSR count). The molecule has 0 amide bonds. The number of aromatic nitrogens is 2. The Bertz CT molecular complexity index is 504. The lowest BCUT2D eigenvalue weighted by Gasteiger charge is -2.13. The molecule has 0 atom stereocenters. The number of nitrogens with zero attached hydrogens (tertiary/aromatic N) is 2. The minimum Gasteiger partial charge on any atom is -0.399 e. The molecule has 0 unspecified atom stereocenters. The Balaban J connectivity index is 1.62. The molecule has 3 N–H and O–H groups in total. The quantitative estimate of drug-likeness (QED) is 0.784. The van der Waals surface area contributed by atoms with Crippen molar-refractivity contribution in [2.45, 2.75) is 19.5 Å². The zero-order valence-corrected chi connectivity index (χ0v) is 9.69. The van der Waals surface area contributed by atoms with Crippen molar-refractivity contribution in [1.82, 2.24) is 14.9 Å². The highest BCUT2D eigenvalue weighted by Gasteiger charge is 2.18. The number of imidazole rings is 1. The van der Waals surface area contributed by atoms with Crippen LogP contribution in [-0.2, 0) is 19.5 Å². The second kappa shape index (κ2) is 4.22. The van der Waals surface area contributed by atoms with Crippen LogP contribution in [0.25, 0.3) is 0 Å². The smallest absolute Gasteiger partial charge is 0.107 e. The van der Waals surface area contributed by atoms with Crippen LogP contribution in [0, 0.1) is 0 Å². The molecule has 1 aliphatic rings. The lowest BCUT2D eigenvalue weighted by molar-refractivity contribution is 0.286. The summed E-state index contributed by atoms with van der Waals surface area (Å²) in [6.45, 7) is 3.06. The SMILES string of the molecule is Nc1ccc2c(c1)CN(CCc1ncc[nH]1)C2. The third-order valence-electron chi connectivity index (χ3n) is 3.24. The summed E-state index contributed by atoms with van der Waals surface area (Å²) in [6.07, 6.45) is 4.64. The van der Waals surface area contributed by atoms with Crippen LogP contribution >= 0.6 is 0 Å². The third kappa shape index (κ3) is 2.17. The van der Waals surface area contributed by atoms with Gasteiger partial charge in [0, 0.05) is 44.1 Å². The van der Waals surface area contributed by atoms with Gasteiger partial charge in [-0.1, -0.05) is 6.07 Å². The molecule has 88 valence electrons. The Morgan fingerprint density at radius 2 is 2.18 bits per heavy atom. The molecule has 2 heterocycles. The van der Waals surface area contributed by atoms with E-state index in [1.807, 2.05) is 12.3 Å². The minimum atomic E-state index is 0.858. The van der Waals surface area contributed by atoms with E-state index in [2.05, 4.69) is 27.0 Å². The Labute approximate surface area is 100 Å². The summed E-state index contributed by atoms with van der Waals surface area (Å²) in [5.41, 5.74) is 9.42. The van der Waals surface area contributed by atoms with Gasteiger partial charge in [0.2, 0.25) is 0 Å². The van der Waals surface area contributed by atoms with E-state index in [-0.39, 0.29) is 0 Å². The highest BCUT2D eigenvalue weighted by atomic mass is 15.1. The Hall–Kier alpha value is -1.81. The van der Waals surface area contributed by atoms with E-state index in [1.54, 1.807) is 6.20 Å². The van der Waals surface area contributed by atoms with Gasteiger partial charge < -0.3 is 10.7 Å². The molecule has 0 fully saturated rings. The predicted octanol–water partition coefficient (Wildman–Crippen LogP) is 1.55. The molecule has 4 heteroatoms. The van der Waals surface area contributed by atoms with Crippen LogP contribution in [0.3, 0.4) is 0 Å². The largest absolute Gasteiger partial charge is 0.399 e. The maximum atomic E-state index is 5.79. The van der Waals surface area contributed by atoms with E-state index < -0.39 is 0 Å². The van der Waals surface area contributed by atoms with Gasteiger partial charge in [0.15, 0.2) is 0 Å². The topological polar surface area (TPSA) is 57.9 Å². The maximum Gasteiger partial charge on any atom is 0.107 e. The fourth-order valence-electron chi connectivity index (χ4n) is 2.34. The van der Waals surface area contributed by atoms with Gasteiger partial charge in [0.1, 0.15) is 5.82 Å². The maximum absolute atomic E-state index is 5.79. The monoisotopic (exact) mass is 228 g/mol. The number of aromatic amines is 1. The standard InChI is InChI=1S/C13H16N4/c14-12-2-1-10-8-17(9-11(10)7-12)6-3-13-15-4-5-16-13/h1-2,4-5,7H,3,6,8-9,14H2,(H,15,16). The average Bonchev–Trinajstić information content (AvgIpc) is 2.94.